The Labute approximate surface area is 143 Å². The van der Waals surface area contributed by atoms with Crippen LogP contribution in [0, 0.1) is 17.0 Å². The summed E-state index contributed by atoms with van der Waals surface area (Å²) in [5.41, 5.74) is 1.40. The molecular formula is C16H14N2O6S. The highest BCUT2D eigenvalue weighted by molar-refractivity contribution is 7.87. The Kier molecular flexibility index (Phi) is 4.17. The lowest BCUT2D eigenvalue weighted by atomic mass is 10.0. The van der Waals surface area contributed by atoms with Crippen LogP contribution in [0.3, 0.4) is 0 Å². The molecule has 0 aliphatic carbocycles. The lowest BCUT2D eigenvalue weighted by Crippen LogP contribution is -2.19. The molecule has 0 saturated heterocycles. The number of carbonyl (C=O) groups excluding carboxylic acids is 1. The molecule has 1 N–H and O–H groups in total. The second-order valence-electron chi connectivity index (χ2n) is 5.61. The maximum atomic E-state index is 12.5. The van der Waals surface area contributed by atoms with E-state index < -0.39 is 15.0 Å². The minimum absolute atomic E-state index is 0.0841. The predicted molar refractivity (Wildman–Crippen MR) is 89.0 cm³/mol. The molecule has 130 valence electrons. The van der Waals surface area contributed by atoms with Crippen LogP contribution < -0.4 is 9.50 Å². The van der Waals surface area contributed by atoms with Gasteiger partial charge in [0.15, 0.2) is 0 Å². The number of fused-ring (bicyclic) bond motifs is 1. The van der Waals surface area contributed by atoms with Crippen molar-refractivity contribution in [1.29, 1.82) is 0 Å². The van der Waals surface area contributed by atoms with E-state index in [-0.39, 0.29) is 22.2 Å². The van der Waals surface area contributed by atoms with Gasteiger partial charge in [-0.1, -0.05) is 6.07 Å². The number of carbonyl (C=O) groups is 1. The van der Waals surface area contributed by atoms with E-state index in [1.54, 1.807) is 12.1 Å². The maximum absolute atomic E-state index is 12.5. The standard InChI is InChI=1S/C16H14N2O6S/c1-10-2-4-12(18(20)21)9-15(10)25(22,23)24-13-5-6-14-11(8-13)3-7-16(19)17-14/h2,4-6,8-9H,3,7H2,1H3,(H,17,19). The van der Waals surface area contributed by atoms with Gasteiger partial charge in [-0.25, -0.2) is 0 Å². The highest BCUT2D eigenvalue weighted by Gasteiger charge is 2.23. The van der Waals surface area contributed by atoms with Crippen molar-refractivity contribution >= 4 is 27.4 Å². The molecule has 0 fully saturated rings. The molecule has 3 rings (SSSR count). The number of aryl methyl sites for hydroxylation is 2. The first-order valence-corrected chi connectivity index (χ1v) is 8.79. The quantitative estimate of drug-likeness (QED) is 0.508. The fourth-order valence-corrected chi connectivity index (χ4v) is 3.73. The van der Waals surface area contributed by atoms with Gasteiger partial charge < -0.3 is 9.50 Å². The molecule has 1 aliphatic rings. The van der Waals surface area contributed by atoms with Crippen LogP contribution in [0.5, 0.6) is 5.75 Å². The number of amides is 1. The molecule has 1 amide bonds. The van der Waals surface area contributed by atoms with Crippen LogP contribution in [-0.4, -0.2) is 19.2 Å². The van der Waals surface area contributed by atoms with Gasteiger partial charge in [-0.2, -0.15) is 8.42 Å². The molecule has 0 radical (unpaired) electrons. The van der Waals surface area contributed by atoms with E-state index in [9.17, 15) is 23.3 Å². The van der Waals surface area contributed by atoms with Crippen molar-refractivity contribution in [3.63, 3.8) is 0 Å². The van der Waals surface area contributed by atoms with Crippen molar-refractivity contribution in [2.75, 3.05) is 5.32 Å². The van der Waals surface area contributed by atoms with E-state index in [1.807, 2.05) is 0 Å². The molecule has 1 aliphatic heterocycles. The number of anilines is 1. The van der Waals surface area contributed by atoms with E-state index in [1.165, 1.54) is 25.1 Å². The molecule has 9 heteroatoms. The molecule has 0 aromatic heterocycles. The van der Waals surface area contributed by atoms with Gasteiger partial charge in [0.1, 0.15) is 10.6 Å². The van der Waals surface area contributed by atoms with Gasteiger partial charge in [0.05, 0.1) is 4.92 Å². The molecule has 0 saturated carbocycles. The molecule has 0 spiro atoms. The van der Waals surface area contributed by atoms with Crippen LogP contribution >= 0.6 is 0 Å². The Morgan fingerprint density at radius 2 is 1.92 bits per heavy atom. The first-order valence-electron chi connectivity index (χ1n) is 7.38. The number of nitro benzene ring substituents is 1. The first-order chi connectivity index (χ1) is 11.8. The fraction of sp³-hybridized carbons (Fsp3) is 0.188. The molecular weight excluding hydrogens is 348 g/mol. The fourth-order valence-electron chi connectivity index (χ4n) is 2.55. The molecule has 0 unspecified atom stereocenters. The summed E-state index contributed by atoms with van der Waals surface area (Å²) in [7, 11) is -4.23. The molecule has 2 aromatic carbocycles. The minimum Gasteiger partial charge on any atom is -0.379 e. The van der Waals surface area contributed by atoms with Crippen molar-refractivity contribution in [3.8, 4) is 5.75 Å². The lowest BCUT2D eigenvalue weighted by Gasteiger charge is -2.17. The number of nitrogens with zero attached hydrogens (tertiary/aromatic N) is 1. The molecule has 1 heterocycles. The van der Waals surface area contributed by atoms with Crippen LogP contribution in [-0.2, 0) is 21.3 Å². The summed E-state index contributed by atoms with van der Waals surface area (Å²) in [6, 6.07) is 8.10. The number of rotatable bonds is 4. The summed E-state index contributed by atoms with van der Waals surface area (Å²) < 4.78 is 30.1. The number of nitro groups is 1. The molecule has 0 atom stereocenters. The molecule has 2 aromatic rings. The van der Waals surface area contributed by atoms with Gasteiger partial charge >= 0.3 is 10.1 Å². The van der Waals surface area contributed by atoms with Crippen molar-refractivity contribution < 1.29 is 22.3 Å². The number of hydrogen-bond acceptors (Lipinski definition) is 6. The van der Waals surface area contributed by atoms with E-state index in [4.69, 9.17) is 4.18 Å². The van der Waals surface area contributed by atoms with Gasteiger partial charge in [0, 0.05) is 24.2 Å². The topological polar surface area (TPSA) is 116 Å². The average molecular weight is 362 g/mol. The number of benzene rings is 2. The summed E-state index contributed by atoms with van der Waals surface area (Å²) in [6.45, 7) is 1.53. The SMILES string of the molecule is Cc1ccc([N+](=O)[O-])cc1S(=O)(=O)Oc1ccc2c(c1)CCC(=O)N2. The second kappa shape index (κ2) is 6.17. The van der Waals surface area contributed by atoms with E-state index >= 15 is 0 Å². The monoisotopic (exact) mass is 362 g/mol. The van der Waals surface area contributed by atoms with Gasteiger partial charge in [0.25, 0.3) is 5.69 Å². The molecule has 8 nitrogen and oxygen atoms in total. The summed E-state index contributed by atoms with van der Waals surface area (Å²) in [5, 5.41) is 13.6. The summed E-state index contributed by atoms with van der Waals surface area (Å²) in [4.78, 5) is 21.3. The normalized spacial score (nSPS) is 13.7. The largest absolute Gasteiger partial charge is 0.379 e. The predicted octanol–water partition coefficient (Wildman–Crippen LogP) is 2.56. The average Bonchev–Trinajstić information content (AvgIpc) is 2.54. The van der Waals surface area contributed by atoms with Crippen LogP contribution in [0.15, 0.2) is 41.3 Å². The van der Waals surface area contributed by atoms with Crippen molar-refractivity contribution in [1.82, 2.24) is 0 Å². The zero-order chi connectivity index (χ0) is 18.2. The number of hydrogen-bond donors (Lipinski definition) is 1. The minimum atomic E-state index is -4.23. The van der Waals surface area contributed by atoms with Crippen LogP contribution in [0.25, 0.3) is 0 Å². The molecule has 0 bridgehead atoms. The third-order valence-electron chi connectivity index (χ3n) is 3.83. The smallest absolute Gasteiger partial charge is 0.339 e. The second-order valence-corrected chi connectivity index (χ2v) is 7.13. The Morgan fingerprint density at radius 3 is 2.64 bits per heavy atom. The van der Waals surface area contributed by atoms with Crippen LogP contribution in [0.4, 0.5) is 11.4 Å². The summed E-state index contributed by atoms with van der Waals surface area (Å²) >= 11 is 0. The van der Waals surface area contributed by atoms with Gasteiger partial charge in [-0.05, 0) is 42.7 Å². The van der Waals surface area contributed by atoms with Gasteiger partial charge in [0.2, 0.25) is 5.91 Å². The molecule has 25 heavy (non-hydrogen) atoms. The van der Waals surface area contributed by atoms with Crippen molar-refractivity contribution in [2.24, 2.45) is 0 Å². The van der Waals surface area contributed by atoms with Crippen molar-refractivity contribution in [2.45, 2.75) is 24.7 Å². The number of nitrogens with one attached hydrogen (secondary N) is 1. The first kappa shape index (κ1) is 16.9. The third-order valence-corrected chi connectivity index (χ3v) is 5.22. The zero-order valence-electron chi connectivity index (χ0n) is 13.2. The number of non-ortho nitro benzene ring substituents is 1. The Balaban J connectivity index is 1.93. The summed E-state index contributed by atoms with van der Waals surface area (Å²) in [6.07, 6.45) is 0.793. The Bertz CT molecular complexity index is 984. The lowest BCUT2D eigenvalue weighted by molar-refractivity contribution is -0.385. The third kappa shape index (κ3) is 3.45. The van der Waals surface area contributed by atoms with E-state index in [0.717, 1.165) is 11.6 Å². The van der Waals surface area contributed by atoms with E-state index in [2.05, 4.69) is 5.32 Å². The van der Waals surface area contributed by atoms with Crippen LogP contribution in [0.1, 0.15) is 17.5 Å². The van der Waals surface area contributed by atoms with Gasteiger partial charge in [-0.15, -0.1) is 0 Å². The maximum Gasteiger partial charge on any atom is 0.339 e. The Morgan fingerprint density at radius 1 is 1.16 bits per heavy atom. The highest BCUT2D eigenvalue weighted by Crippen LogP contribution is 2.30. The summed E-state index contributed by atoms with van der Waals surface area (Å²) in [5.74, 6) is -0.0122. The van der Waals surface area contributed by atoms with Crippen LogP contribution in [0.2, 0.25) is 0 Å². The van der Waals surface area contributed by atoms with Gasteiger partial charge in [-0.3, -0.25) is 14.9 Å². The zero-order valence-corrected chi connectivity index (χ0v) is 14.0. The highest BCUT2D eigenvalue weighted by atomic mass is 32.2. The van der Waals surface area contributed by atoms with Crippen molar-refractivity contribution in [3.05, 3.63) is 57.6 Å². The van der Waals surface area contributed by atoms with E-state index in [0.29, 0.717) is 24.1 Å². The Hall–Kier alpha value is -2.94.